The first kappa shape index (κ1) is 40.4. The maximum atomic E-state index is 5.24. The minimum absolute atomic E-state index is 0.331. The molecule has 3 heterocycles. The number of benzene rings is 9. The zero-order chi connectivity index (χ0) is 45.9. The van der Waals surface area contributed by atoms with Gasteiger partial charge in [-0.15, -0.1) is 0 Å². The molecule has 1 aliphatic heterocycles. The van der Waals surface area contributed by atoms with E-state index in [2.05, 4.69) is 223 Å². The molecule has 13 rings (SSSR count). The van der Waals surface area contributed by atoms with Crippen molar-refractivity contribution in [1.82, 2.24) is 19.5 Å². The van der Waals surface area contributed by atoms with Crippen LogP contribution in [0.25, 0.3) is 95.1 Å². The molecular weight excluding hydrogens is 839 g/mol. The topological polar surface area (TPSA) is 46.8 Å². The molecule has 5 nitrogen and oxygen atoms in total. The molecule has 0 amide bonds. The van der Waals surface area contributed by atoms with Gasteiger partial charge in [-0.25, -0.2) is 15.0 Å². The Labute approximate surface area is 401 Å². The summed E-state index contributed by atoms with van der Waals surface area (Å²) >= 11 is 0. The highest BCUT2D eigenvalue weighted by molar-refractivity contribution is 6.16. The number of anilines is 2. The second-order valence-corrected chi connectivity index (χ2v) is 18.2. The van der Waals surface area contributed by atoms with Gasteiger partial charge in [-0.05, 0) is 113 Å². The summed E-state index contributed by atoms with van der Waals surface area (Å²) in [6.07, 6.45) is 5.72. The van der Waals surface area contributed by atoms with Crippen molar-refractivity contribution in [2.45, 2.75) is 18.9 Å². The molecule has 0 radical (unpaired) electrons. The summed E-state index contributed by atoms with van der Waals surface area (Å²) < 4.78 is 2.37. The van der Waals surface area contributed by atoms with Gasteiger partial charge in [0.05, 0.1) is 16.6 Å². The van der Waals surface area contributed by atoms with E-state index in [1.807, 2.05) is 36.4 Å². The van der Waals surface area contributed by atoms with E-state index in [9.17, 15) is 0 Å². The Morgan fingerprint density at radius 2 is 0.942 bits per heavy atom. The van der Waals surface area contributed by atoms with E-state index in [-0.39, 0.29) is 5.54 Å². The summed E-state index contributed by atoms with van der Waals surface area (Å²) in [5.74, 6) is 1.91. The van der Waals surface area contributed by atoms with Gasteiger partial charge < -0.3 is 9.47 Å². The largest absolute Gasteiger partial charge is 0.331 e. The first-order valence-corrected chi connectivity index (χ1v) is 23.7. The van der Waals surface area contributed by atoms with Crippen LogP contribution in [-0.2, 0) is 0 Å². The molecule has 2 aromatic heterocycles. The number of fused-ring (bicyclic) bond motifs is 6. The lowest BCUT2D eigenvalue weighted by Crippen LogP contribution is -2.40. The van der Waals surface area contributed by atoms with Gasteiger partial charge in [0.15, 0.2) is 17.5 Å². The van der Waals surface area contributed by atoms with E-state index in [0.29, 0.717) is 17.5 Å². The third-order valence-corrected chi connectivity index (χ3v) is 14.0. The van der Waals surface area contributed by atoms with E-state index < -0.39 is 0 Å². The molecule has 1 aliphatic carbocycles. The molecule has 5 heteroatoms. The summed E-state index contributed by atoms with van der Waals surface area (Å²) in [4.78, 5) is 18.1. The molecule has 0 N–H and O–H groups in total. The van der Waals surface area contributed by atoms with Gasteiger partial charge in [-0.1, -0.05) is 182 Å². The maximum Gasteiger partial charge on any atom is 0.164 e. The third kappa shape index (κ3) is 6.89. The highest BCUT2D eigenvalue weighted by Crippen LogP contribution is 2.56. The number of para-hydroxylation sites is 2. The molecule has 0 saturated heterocycles. The molecule has 0 fully saturated rings. The van der Waals surface area contributed by atoms with Crippen molar-refractivity contribution in [3.05, 3.63) is 254 Å². The number of hydrogen-bond acceptors (Lipinski definition) is 4. The average Bonchev–Trinajstić information content (AvgIpc) is 3.90. The van der Waals surface area contributed by atoms with Crippen LogP contribution in [0.5, 0.6) is 0 Å². The fraction of sp³-hybridized carbons (Fsp3) is 0.0469. The zero-order valence-corrected chi connectivity index (χ0v) is 38.0. The lowest BCUT2D eigenvalue weighted by molar-refractivity contribution is 0.608. The molecule has 1 unspecified atom stereocenters. The summed E-state index contributed by atoms with van der Waals surface area (Å²) in [7, 11) is 0. The molecule has 9 aromatic carbocycles. The van der Waals surface area contributed by atoms with Crippen LogP contribution in [0.15, 0.2) is 243 Å². The van der Waals surface area contributed by atoms with Crippen molar-refractivity contribution in [3.63, 3.8) is 0 Å². The van der Waals surface area contributed by atoms with E-state index in [0.717, 1.165) is 56.2 Å². The number of rotatable bonds is 8. The summed E-state index contributed by atoms with van der Waals surface area (Å²) in [6, 6.07) is 82.0. The van der Waals surface area contributed by atoms with Gasteiger partial charge in [-0.2, -0.15) is 0 Å². The molecule has 0 spiro atoms. The highest BCUT2D eigenvalue weighted by atomic mass is 15.2. The number of aromatic nitrogens is 4. The Morgan fingerprint density at radius 3 is 1.57 bits per heavy atom. The monoisotopic (exact) mass is 883 g/mol. The van der Waals surface area contributed by atoms with Crippen LogP contribution >= 0.6 is 0 Å². The molecule has 69 heavy (non-hydrogen) atoms. The first-order valence-electron chi connectivity index (χ1n) is 23.7. The van der Waals surface area contributed by atoms with Crippen molar-refractivity contribution < 1.29 is 0 Å². The predicted molar refractivity (Wildman–Crippen MR) is 285 cm³/mol. The Bertz CT molecular complexity index is 3690. The number of hydrogen-bond donors (Lipinski definition) is 0. The van der Waals surface area contributed by atoms with Crippen molar-refractivity contribution in [2.75, 3.05) is 4.90 Å². The normalized spacial score (nSPS) is 15.2. The van der Waals surface area contributed by atoms with E-state index in [1.165, 1.54) is 50.3 Å². The fourth-order valence-electron chi connectivity index (χ4n) is 10.7. The SMILES string of the molecule is CC12CC=C(c3ccc4c(c3)c3c(-c5nc(-c6ccccc6)nc(-c6ccccc6)n5)cccc3n4-c3ccccc3)C=C1c1ccccc1N2c1cc(-c2ccccc2)cc(-c2ccccc2)c1. The van der Waals surface area contributed by atoms with Gasteiger partial charge in [0.1, 0.15) is 0 Å². The van der Waals surface area contributed by atoms with Crippen LogP contribution in [-0.4, -0.2) is 25.1 Å². The van der Waals surface area contributed by atoms with Crippen molar-refractivity contribution >= 4 is 44.3 Å². The average molecular weight is 884 g/mol. The minimum atomic E-state index is -0.331. The maximum absolute atomic E-state index is 5.24. The third-order valence-electron chi connectivity index (χ3n) is 14.0. The fourth-order valence-corrected chi connectivity index (χ4v) is 10.7. The Morgan fingerprint density at radius 1 is 0.406 bits per heavy atom. The number of allylic oxidation sites excluding steroid dienone is 2. The van der Waals surface area contributed by atoms with Crippen LogP contribution in [0.2, 0.25) is 0 Å². The molecule has 326 valence electrons. The Hall–Kier alpha value is -8.93. The lowest BCUT2D eigenvalue weighted by Gasteiger charge is -2.40. The molecule has 2 aliphatic rings. The van der Waals surface area contributed by atoms with Crippen LogP contribution in [0.1, 0.15) is 24.5 Å². The van der Waals surface area contributed by atoms with Gasteiger partial charge in [0, 0.05) is 50.1 Å². The van der Waals surface area contributed by atoms with E-state index in [4.69, 9.17) is 15.0 Å². The second-order valence-electron chi connectivity index (χ2n) is 18.2. The second kappa shape index (κ2) is 16.4. The summed E-state index contributed by atoms with van der Waals surface area (Å²) in [5.41, 5.74) is 18.0. The first-order chi connectivity index (χ1) is 34.1. The van der Waals surface area contributed by atoms with Gasteiger partial charge in [-0.3, -0.25) is 0 Å². The quantitative estimate of drug-likeness (QED) is 0.153. The number of nitrogens with zero attached hydrogens (tertiary/aromatic N) is 5. The molecule has 0 bridgehead atoms. The Kier molecular flexibility index (Phi) is 9.62. The summed E-state index contributed by atoms with van der Waals surface area (Å²) in [5, 5.41) is 2.23. The lowest BCUT2D eigenvalue weighted by atomic mass is 9.79. The minimum Gasteiger partial charge on any atom is -0.331 e. The summed E-state index contributed by atoms with van der Waals surface area (Å²) in [6.45, 7) is 2.41. The van der Waals surface area contributed by atoms with Crippen LogP contribution < -0.4 is 4.90 Å². The van der Waals surface area contributed by atoms with Crippen LogP contribution in [0.3, 0.4) is 0 Å². The van der Waals surface area contributed by atoms with Gasteiger partial charge in [0.2, 0.25) is 0 Å². The molecule has 11 aromatic rings. The smallest absolute Gasteiger partial charge is 0.164 e. The van der Waals surface area contributed by atoms with Gasteiger partial charge >= 0.3 is 0 Å². The van der Waals surface area contributed by atoms with Crippen molar-refractivity contribution in [1.29, 1.82) is 0 Å². The van der Waals surface area contributed by atoms with Crippen molar-refractivity contribution in [3.8, 4) is 62.1 Å². The van der Waals surface area contributed by atoms with Gasteiger partial charge in [0.25, 0.3) is 0 Å². The van der Waals surface area contributed by atoms with E-state index >= 15 is 0 Å². The van der Waals surface area contributed by atoms with Crippen LogP contribution in [0, 0.1) is 0 Å². The molecule has 1 atom stereocenters. The van der Waals surface area contributed by atoms with Crippen molar-refractivity contribution in [2.24, 2.45) is 0 Å². The molecule has 0 saturated carbocycles. The standard InChI is InChI=1S/C64H45N5/c1-64-37-36-48(42-56(64)53-30-17-18-32-58(53)69(64)52-39-49(43-20-7-2-8-21-43)38-50(40-52)44-22-9-3-10-23-44)47-34-35-57-55(41-47)60-54(31-19-33-59(60)68(57)51-28-15-6-16-29-51)63-66-61(45-24-11-4-12-25-45)65-62(67-63)46-26-13-5-14-27-46/h2-36,38-42H,37H2,1H3. The van der Waals surface area contributed by atoms with Crippen LogP contribution in [0.4, 0.5) is 11.4 Å². The molecular formula is C64H45N5. The van der Waals surface area contributed by atoms with E-state index in [1.54, 1.807) is 0 Å². The zero-order valence-electron chi connectivity index (χ0n) is 38.0. The highest BCUT2D eigenvalue weighted by Gasteiger charge is 2.46. The predicted octanol–water partition coefficient (Wildman–Crippen LogP) is 16.1. The Balaban J connectivity index is 0.976.